The zero-order chi connectivity index (χ0) is 26.2. The molecule has 0 unspecified atom stereocenters. The van der Waals surface area contributed by atoms with E-state index in [1.54, 1.807) is 6.08 Å². The number of fused-ring (bicyclic) bond motifs is 1. The van der Waals surface area contributed by atoms with Crippen molar-refractivity contribution in [3.05, 3.63) is 106 Å². The summed E-state index contributed by atoms with van der Waals surface area (Å²) in [4.78, 5) is 30.9. The van der Waals surface area contributed by atoms with E-state index in [1.165, 1.54) is 44.4 Å². The zero-order valence-corrected chi connectivity index (χ0v) is 20.7. The maximum Gasteiger partial charge on any atom is 0.328 e. The molecule has 3 N–H and O–H groups in total. The van der Waals surface area contributed by atoms with Crippen LogP contribution >= 0.6 is 11.8 Å². The molecule has 0 aliphatic carbocycles. The van der Waals surface area contributed by atoms with E-state index in [2.05, 4.69) is 68.4 Å². The molecule has 3 aromatic carbocycles. The maximum absolute atomic E-state index is 10.8. The molecule has 0 atom stereocenters. The van der Waals surface area contributed by atoms with Gasteiger partial charge in [-0.3, -0.25) is 9.59 Å². The summed E-state index contributed by atoms with van der Waals surface area (Å²) < 4.78 is 0. The topological polar surface area (TPSA) is 112 Å². The Kier molecular flexibility index (Phi) is 8.86. The molecule has 1 heterocycles. The summed E-state index contributed by atoms with van der Waals surface area (Å²) in [7, 11) is 0. The summed E-state index contributed by atoms with van der Waals surface area (Å²) in [6.07, 6.45) is 1.98. The van der Waals surface area contributed by atoms with Crippen LogP contribution in [0.4, 0.5) is 0 Å². The Morgan fingerprint density at radius 3 is 1.94 bits per heavy atom. The van der Waals surface area contributed by atoms with Gasteiger partial charge in [-0.1, -0.05) is 66.2 Å². The number of thioether (sulfide) groups is 1. The van der Waals surface area contributed by atoms with Crippen LogP contribution in [-0.2, 0) is 14.4 Å². The first-order valence-corrected chi connectivity index (χ1v) is 12.1. The van der Waals surface area contributed by atoms with Crippen LogP contribution in [0.2, 0.25) is 0 Å². The van der Waals surface area contributed by atoms with Crippen LogP contribution in [0.25, 0.3) is 17.2 Å². The summed E-state index contributed by atoms with van der Waals surface area (Å²) >= 11 is 1.89. The third-order valence-electron chi connectivity index (χ3n) is 5.40. The molecule has 1 aliphatic rings. The normalized spacial score (nSPS) is 12.5. The van der Waals surface area contributed by atoms with Crippen molar-refractivity contribution in [2.45, 2.75) is 25.2 Å². The van der Waals surface area contributed by atoms with Gasteiger partial charge < -0.3 is 15.3 Å². The average Bonchev–Trinajstić information content (AvgIpc) is 2.82. The standard InChI is InChI=1S/C26H22O2S.C3H4O4/c1-17-3-9-20(10-4-17)23-16-29-24-15-18(2)5-13-22(24)26(23)21-11-6-19(7-12-21)8-14-25(27)28;4-2(5)1-3(6)7/h3-15H,16H2,1-2H3,(H,27,28);1H2,(H,4,5)(H,6,7)/b14-8+;. The largest absolute Gasteiger partial charge is 0.481 e. The summed E-state index contributed by atoms with van der Waals surface area (Å²) in [5.74, 6) is -2.64. The van der Waals surface area contributed by atoms with Crippen LogP contribution in [-0.4, -0.2) is 39.0 Å². The zero-order valence-electron chi connectivity index (χ0n) is 19.9. The highest BCUT2D eigenvalue weighted by molar-refractivity contribution is 7.99. The van der Waals surface area contributed by atoms with Gasteiger partial charge >= 0.3 is 17.9 Å². The van der Waals surface area contributed by atoms with Crippen molar-refractivity contribution in [1.82, 2.24) is 0 Å². The Hall–Kier alpha value is -4.10. The lowest BCUT2D eigenvalue weighted by molar-refractivity contribution is -0.147. The second kappa shape index (κ2) is 12.0. The molecule has 0 radical (unpaired) electrons. The molecule has 0 saturated heterocycles. The predicted molar refractivity (Wildman–Crippen MR) is 142 cm³/mol. The minimum atomic E-state index is -1.31. The van der Waals surface area contributed by atoms with Gasteiger partial charge in [0.1, 0.15) is 6.42 Å². The molecule has 0 bridgehead atoms. The molecule has 1 aliphatic heterocycles. The number of hydrogen-bond donors (Lipinski definition) is 3. The quantitative estimate of drug-likeness (QED) is 0.279. The van der Waals surface area contributed by atoms with E-state index in [0.717, 1.165) is 16.9 Å². The second-order valence-corrected chi connectivity index (χ2v) is 9.28. The number of rotatable bonds is 6. The van der Waals surface area contributed by atoms with Crippen molar-refractivity contribution in [3.63, 3.8) is 0 Å². The lowest BCUT2D eigenvalue weighted by Gasteiger charge is -2.24. The van der Waals surface area contributed by atoms with Crippen molar-refractivity contribution in [3.8, 4) is 0 Å². The molecular formula is C29H26O6S. The van der Waals surface area contributed by atoms with E-state index in [9.17, 15) is 14.4 Å². The van der Waals surface area contributed by atoms with Crippen LogP contribution in [0.1, 0.15) is 39.8 Å². The van der Waals surface area contributed by atoms with Gasteiger partial charge in [0.15, 0.2) is 0 Å². The van der Waals surface area contributed by atoms with E-state index in [0.29, 0.717) is 0 Å². The SMILES string of the molecule is Cc1ccc(C2=C(c3ccc(/C=C/C(=O)O)cc3)c3ccc(C)cc3SC2)cc1.O=C(O)CC(=O)O. The van der Waals surface area contributed by atoms with E-state index in [-0.39, 0.29) is 0 Å². The van der Waals surface area contributed by atoms with Crippen LogP contribution in [0.3, 0.4) is 0 Å². The molecule has 0 spiro atoms. The van der Waals surface area contributed by atoms with Gasteiger partial charge in [-0.15, -0.1) is 11.8 Å². The molecule has 3 aromatic rings. The van der Waals surface area contributed by atoms with Crippen LogP contribution in [0.5, 0.6) is 0 Å². The number of aryl methyl sites for hydroxylation is 2. The fourth-order valence-electron chi connectivity index (χ4n) is 3.71. The summed E-state index contributed by atoms with van der Waals surface area (Å²) in [5, 5.41) is 24.3. The number of carbonyl (C=O) groups is 3. The van der Waals surface area contributed by atoms with E-state index >= 15 is 0 Å². The van der Waals surface area contributed by atoms with Gasteiger partial charge in [0.25, 0.3) is 0 Å². The Labute approximate surface area is 213 Å². The molecule has 0 amide bonds. The van der Waals surface area contributed by atoms with Crippen molar-refractivity contribution in [2.75, 3.05) is 5.75 Å². The lowest BCUT2D eigenvalue weighted by atomic mass is 9.89. The molecule has 7 heteroatoms. The third-order valence-corrected chi connectivity index (χ3v) is 6.48. The smallest absolute Gasteiger partial charge is 0.328 e. The van der Waals surface area contributed by atoms with Crippen LogP contribution in [0.15, 0.2) is 77.7 Å². The fraction of sp³-hybridized carbons (Fsp3) is 0.138. The minimum Gasteiger partial charge on any atom is -0.481 e. The molecule has 36 heavy (non-hydrogen) atoms. The Balaban J connectivity index is 0.000000454. The monoisotopic (exact) mass is 502 g/mol. The molecule has 184 valence electrons. The van der Waals surface area contributed by atoms with E-state index < -0.39 is 24.3 Å². The van der Waals surface area contributed by atoms with E-state index in [4.69, 9.17) is 15.3 Å². The van der Waals surface area contributed by atoms with Gasteiger partial charge in [-0.05, 0) is 65.0 Å². The number of hydrogen-bond acceptors (Lipinski definition) is 4. The van der Waals surface area contributed by atoms with Crippen LogP contribution in [0, 0.1) is 13.8 Å². The van der Waals surface area contributed by atoms with Crippen LogP contribution < -0.4 is 0 Å². The Morgan fingerprint density at radius 1 is 0.806 bits per heavy atom. The number of benzene rings is 3. The van der Waals surface area contributed by atoms with E-state index in [1.807, 2.05) is 23.9 Å². The summed E-state index contributed by atoms with van der Waals surface area (Å²) in [6, 6.07) is 23.5. The lowest BCUT2D eigenvalue weighted by Crippen LogP contribution is -2.04. The van der Waals surface area contributed by atoms with Gasteiger partial charge in [0.2, 0.25) is 0 Å². The van der Waals surface area contributed by atoms with Gasteiger partial charge in [0.05, 0.1) is 0 Å². The first kappa shape index (κ1) is 26.5. The predicted octanol–water partition coefficient (Wildman–Crippen LogP) is 6.01. The van der Waals surface area contributed by atoms with Crippen molar-refractivity contribution < 1.29 is 29.7 Å². The highest BCUT2D eigenvalue weighted by Gasteiger charge is 2.22. The van der Waals surface area contributed by atoms with Crippen molar-refractivity contribution in [2.24, 2.45) is 0 Å². The maximum atomic E-state index is 10.8. The molecule has 4 rings (SSSR count). The minimum absolute atomic E-state index is 0.806. The fourth-order valence-corrected chi connectivity index (χ4v) is 4.92. The highest BCUT2D eigenvalue weighted by atomic mass is 32.2. The summed E-state index contributed by atoms with van der Waals surface area (Å²) in [6.45, 7) is 4.24. The Morgan fingerprint density at radius 2 is 1.39 bits per heavy atom. The highest BCUT2D eigenvalue weighted by Crippen LogP contribution is 2.44. The third kappa shape index (κ3) is 7.20. The molecule has 0 saturated carbocycles. The molecular weight excluding hydrogens is 476 g/mol. The second-order valence-electron chi connectivity index (χ2n) is 8.27. The first-order chi connectivity index (χ1) is 17.1. The van der Waals surface area contributed by atoms with Gasteiger partial charge in [-0.2, -0.15) is 0 Å². The first-order valence-electron chi connectivity index (χ1n) is 11.1. The number of carboxylic acid groups (broad SMARTS) is 3. The average molecular weight is 503 g/mol. The molecule has 6 nitrogen and oxygen atoms in total. The Bertz CT molecular complexity index is 1320. The van der Waals surface area contributed by atoms with Crippen molar-refractivity contribution >= 4 is 46.9 Å². The summed E-state index contributed by atoms with van der Waals surface area (Å²) in [5.41, 5.74) is 9.65. The molecule has 0 fully saturated rings. The van der Waals surface area contributed by atoms with Crippen molar-refractivity contribution in [1.29, 1.82) is 0 Å². The number of carboxylic acids is 3. The van der Waals surface area contributed by atoms with Gasteiger partial charge in [-0.25, -0.2) is 4.79 Å². The van der Waals surface area contributed by atoms with Gasteiger partial charge in [0, 0.05) is 16.7 Å². The number of aliphatic carboxylic acids is 3. The molecule has 0 aromatic heterocycles.